The van der Waals surface area contributed by atoms with E-state index < -0.39 is 0 Å². The molecule has 0 radical (unpaired) electrons. The van der Waals surface area contributed by atoms with Gasteiger partial charge < -0.3 is 14.4 Å². The summed E-state index contributed by atoms with van der Waals surface area (Å²) >= 11 is 0. The molecular formula is C14H18N2O2. The third kappa shape index (κ3) is 2.90. The highest BCUT2D eigenvalue weighted by Crippen LogP contribution is 2.31. The number of nitrogens with zero attached hydrogens (tertiary/aromatic N) is 2. The molecular weight excluding hydrogens is 228 g/mol. The van der Waals surface area contributed by atoms with Crippen LogP contribution in [0.2, 0.25) is 0 Å². The Morgan fingerprint density at radius 3 is 2.78 bits per heavy atom. The quantitative estimate of drug-likeness (QED) is 0.810. The van der Waals surface area contributed by atoms with Gasteiger partial charge in [-0.25, -0.2) is 0 Å². The Morgan fingerprint density at radius 1 is 1.22 bits per heavy atom. The number of rotatable bonds is 5. The highest BCUT2D eigenvalue weighted by atomic mass is 16.5. The first-order valence-electron chi connectivity index (χ1n) is 5.91. The molecule has 0 atom stereocenters. The molecule has 4 nitrogen and oxygen atoms in total. The number of hydrogen-bond acceptors (Lipinski definition) is 4. The minimum absolute atomic E-state index is 0.627. The first-order chi connectivity index (χ1) is 8.70. The monoisotopic (exact) mass is 246 g/mol. The van der Waals surface area contributed by atoms with Gasteiger partial charge in [0.25, 0.3) is 0 Å². The highest BCUT2D eigenvalue weighted by molar-refractivity contribution is 5.82. The molecule has 0 aliphatic heterocycles. The number of aromatic nitrogens is 1. The van der Waals surface area contributed by atoms with Crippen molar-refractivity contribution in [3.05, 3.63) is 30.5 Å². The van der Waals surface area contributed by atoms with Crippen molar-refractivity contribution in [1.29, 1.82) is 0 Å². The van der Waals surface area contributed by atoms with E-state index >= 15 is 0 Å². The van der Waals surface area contributed by atoms with Crippen molar-refractivity contribution in [3.63, 3.8) is 0 Å². The fraction of sp³-hybridized carbons (Fsp3) is 0.357. The topological polar surface area (TPSA) is 34.6 Å². The molecule has 1 aromatic carbocycles. The molecule has 0 N–H and O–H groups in total. The van der Waals surface area contributed by atoms with E-state index in [-0.39, 0.29) is 0 Å². The molecule has 0 saturated carbocycles. The number of fused-ring (bicyclic) bond motifs is 1. The molecule has 0 aliphatic rings. The van der Waals surface area contributed by atoms with E-state index in [9.17, 15) is 0 Å². The lowest BCUT2D eigenvalue weighted by atomic mass is 10.2. The molecule has 0 amide bonds. The molecule has 0 unspecified atom stereocenters. The Hall–Kier alpha value is -1.81. The number of likely N-dealkylation sites (N-methyl/N-ethyl adjacent to an activating group) is 1. The highest BCUT2D eigenvalue weighted by Gasteiger charge is 2.07. The maximum Gasteiger partial charge on any atom is 0.163 e. The molecule has 1 heterocycles. The van der Waals surface area contributed by atoms with Gasteiger partial charge in [-0.15, -0.1) is 0 Å². The van der Waals surface area contributed by atoms with Gasteiger partial charge in [0.05, 0.1) is 12.6 Å². The molecule has 2 rings (SSSR count). The average molecular weight is 246 g/mol. The molecule has 4 heteroatoms. The number of methoxy groups -OCH3 is 1. The van der Waals surface area contributed by atoms with Crippen molar-refractivity contribution in [2.24, 2.45) is 0 Å². The largest absolute Gasteiger partial charge is 0.493 e. The van der Waals surface area contributed by atoms with Crippen LogP contribution in [-0.2, 0) is 0 Å². The van der Waals surface area contributed by atoms with Gasteiger partial charge in [-0.3, -0.25) is 4.98 Å². The lowest BCUT2D eigenvalue weighted by Gasteiger charge is -2.14. The number of ether oxygens (including phenoxy) is 2. The second-order valence-corrected chi connectivity index (χ2v) is 4.35. The molecule has 0 fully saturated rings. The number of hydrogen-bond donors (Lipinski definition) is 0. The molecule has 0 bridgehead atoms. The lowest BCUT2D eigenvalue weighted by molar-refractivity contribution is 0.251. The van der Waals surface area contributed by atoms with Crippen LogP contribution >= 0.6 is 0 Å². The van der Waals surface area contributed by atoms with E-state index in [0.29, 0.717) is 6.61 Å². The Kier molecular flexibility index (Phi) is 3.99. The van der Waals surface area contributed by atoms with E-state index in [4.69, 9.17) is 9.47 Å². The number of pyridine rings is 1. The fourth-order valence-electron chi connectivity index (χ4n) is 1.69. The summed E-state index contributed by atoms with van der Waals surface area (Å²) in [6.45, 7) is 1.49. The second kappa shape index (κ2) is 5.69. The van der Waals surface area contributed by atoms with Crippen LogP contribution in [0, 0.1) is 0 Å². The second-order valence-electron chi connectivity index (χ2n) is 4.35. The summed E-state index contributed by atoms with van der Waals surface area (Å²) in [6, 6.07) is 7.79. The predicted molar refractivity (Wildman–Crippen MR) is 72.3 cm³/mol. The minimum atomic E-state index is 0.627. The summed E-state index contributed by atoms with van der Waals surface area (Å²) in [4.78, 5) is 6.39. The van der Waals surface area contributed by atoms with Crippen molar-refractivity contribution in [2.75, 3.05) is 34.4 Å². The molecule has 0 saturated heterocycles. The lowest BCUT2D eigenvalue weighted by Crippen LogP contribution is -2.19. The Bertz CT molecular complexity index is 526. The third-order valence-corrected chi connectivity index (χ3v) is 2.68. The van der Waals surface area contributed by atoms with Gasteiger partial charge >= 0.3 is 0 Å². The maximum atomic E-state index is 5.74. The van der Waals surface area contributed by atoms with E-state index in [0.717, 1.165) is 28.9 Å². The molecule has 1 aromatic heterocycles. The van der Waals surface area contributed by atoms with Crippen LogP contribution in [0.5, 0.6) is 11.5 Å². The van der Waals surface area contributed by atoms with Gasteiger partial charge in [-0.05, 0) is 26.2 Å². The van der Waals surface area contributed by atoms with E-state index in [1.54, 1.807) is 13.3 Å². The van der Waals surface area contributed by atoms with E-state index in [1.807, 2.05) is 38.4 Å². The SMILES string of the molecule is COc1cc2cccnc2cc1OCCN(C)C. The van der Waals surface area contributed by atoms with Gasteiger partial charge in [0.15, 0.2) is 11.5 Å². The van der Waals surface area contributed by atoms with E-state index in [1.165, 1.54) is 0 Å². The average Bonchev–Trinajstić information content (AvgIpc) is 2.37. The normalized spacial score (nSPS) is 10.9. The minimum Gasteiger partial charge on any atom is -0.493 e. The smallest absolute Gasteiger partial charge is 0.163 e. The van der Waals surface area contributed by atoms with Crippen LogP contribution in [0.25, 0.3) is 10.9 Å². The van der Waals surface area contributed by atoms with Crippen LogP contribution in [0.4, 0.5) is 0 Å². The van der Waals surface area contributed by atoms with Gasteiger partial charge in [0, 0.05) is 24.2 Å². The summed E-state index contributed by atoms with van der Waals surface area (Å²) in [5, 5.41) is 1.05. The maximum absolute atomic E-state index is 5.74. The first-order valence-corrected chi connectivity index (χ1v) is 5.91. The van der Waals surface area contributed by atoms with Gasteiger partial charge in [0.1, 0.15) is 6.61 Å². The summed E-state index contributed by atoms with van der Waals surface area (Å²) in [7, 11) is 5.68. The van der Waals surface area contributed by atoms with Crippen molar-refractivity contribution >= 4 is 10.9 Å². The summed E-state index contributed by atoms with van der Waals surface area (Å²) in [5.41, 5.74) is 0.915. The van der Waals surface area contributed by atoms with E-state index in [2.05, 4.69) is 9.88 Å². The third-order valence-electron chi connectivity index (χ3n) is 2.68. The standard InChI is InChI=1S/C14H18N2O2/c1-16(2)7-8-18-14-10-12-11(5-4-6-15-12)9-13(14)17-3/h4-6,9-10H,7-8H2,1-3H3. The zero-order valence-corrected chi connectivity index (χ0v) is 11.0. The van der Waals surface area contributed by atoms with Crippen LogP contribution in [0.3, 0.4) is 0 Å². The molecule has 18 heavy (non-hydrogen) atoms. The zero-order chi connectivity index (χ0) is 13.0. The van der Waals surface area contributed by atoms with Gasteiger partial charge in [-0.2, -0.15) is 0 Å². The molecule has 2 aromatic rings. The van der Waals surface area contributed by atoms with Crippen molar-refractivity contribution in [2.45, 2.75) is 0 Å². The van der Waals surface area contributed by atoms with Crippen LogP contribution in [0.1, 0.15) is 0 Å². The Morgan fingerprint density at radius 2 is 2.06 bits per heavy atom. The van der Waals surface area contributed by atoms with Crippen LogP contribution in [-0.4, -0.2) is 44.2 Å². The first kappa shape index (κ1) is 12.6. The zero-order valence-electron chi connectivity index (χ0n) is 11.0. The van der Waals surface area contributed by atoms with Crippen molar-refractivity contribution < 1.29 is 9.47 Å². The summed E-state index contributed by atoms with van der Waals surface area (Å²) in [6.07, 6.45) is 1.78. The Labute approximate surface area is 107 Å². The summed E-state index contributed by atoms with van der Waals surface area (Å²) < 4.78 is 11.1. The Balaban J connectivity index is 2.24. The van der Waals surface area contributed by atoms with Gasteiger partial charge in [-0.1, -0.05) is 6.07 Å². The molecule has 0 aliphatic carbocycles. The van der Waals surface area contributed by atoms with Gasteiger partial charge in [0.2, 0.25) is 0 Å². The van der Waals surface area contributed by atoms with Crippen LogP contribution < -0.4 is 9.47 Å². The number of benzene rings is 1. The molecule has 96 valence electrons. The fourth-order valence-corrected chi connectivity index (χ4v) is 1.69. The summed E-state index contributed by atoms with van der Waals surface area (Å²) in [5.74, 6) is 1.49. The van der Waals surface area contributed by atoms with Crippen molar-refractivity contribution in [3.8, 4) is 11.5 Å². The van der Waals surface area contributed by atoms with Crippen LogP contribution in [0.15, 0.2) is 30.5 Å². The predicted octanol–water partition coefficient (Wildman–Crippen LogP) is 2.18. The molecule has 0 spiro atoms. The van der Waals surface area contributed by atoms with Crippen molar-refractivity contribution in [1.82, 2.24) is 9.88 Å².